The second-order valence-corrected chi connectivity index (χ2v) is 7.05. The molecule has 0 unspecified atom stereocenters. The Balaban J connectivity index is 1.86. The summed E-state index contributed by atoms with van der Waals surface area (Å²) in [4.78, 5) is 6.98. The van der Waals surface area contributed by atoms with E-state index in [1.165, 1.54) is 70.0 Å². The fourth-order valence-corrected chi connectivity index (χ4v) is 3.26. The predicted molar refractivity (Wildman–Crippen MR) is 112 cm³/mol. The summed E-state index contributed by atoms with van der Waals surface area (Å²) in [5.74, 6) is 1.30. The lowest BCUT2D eigenvalue weighted by molar-refractivity contribution is 0.456. The minimum atomic E-state index is 0.737. The van der Waals surface area contributed by atoms with Crippen molar-refractivity contribution in [2.75, 3.05) is 26.2 Å². The highest BCUT2D eigenvalue weighted by Crippen LogP contribution is 2.12. The van der Waals surface area contributed by atoms with E-state index in [4.69, 9.17) is 5.73 Å². The Bertz CT molecular complexity index is 385. The molecule has 2 N–H and O–H groups in total. The molecule has 0 aliphatic carbocycles. The highest BCUT2D eigenvalue weighted by molar-refractivity contribution is 5.83. The Kier molecular flexibility index (Phi) is 14.4. The van der Waals surface area contributed by atoms with Crippen LogP contribution in [0.3, 0.4) is 0 Å². The monoisotopic (exact) mass is 347 g/mol. The molecule has 1 heterocycles. The van der Waals surface area contributed by atoms with Gasteiger partial charge in [-0.25, -0.2) is 0 Å². The van der Waals surface area contributed by atoms with Gasteiger partial charge >= 0.3 is 0 Å². The Morgan fingerprint density at radius 2 is 1.60 bits per heavy atom. The molecule has 3 nitrogen and oxygen atoms in total. The normalized spacial score (nSPS) is 15.0. The van der Waals surface area contributed by atoms with Crippen LogP contribution in [0, 0.1) is 0 Å². The van der Waals surface area contributed by atoms with Gasteiger partial charge in [0.1, 0.15) is 0 Å². The van der Waals surface area contributed by atoms with Gasteiger partial charge in [0, 0.05) is 26.1 Å². The van der Waals surface area contributed by atoms with Crippen LogP contribution >= 0.6 is 0 Å². The van der Waals surface area contributed by atoms with Crippen molar-refractivity contribution in [1.29, 1.82) is 0 Å². The van der Waals surface area contributed by atoms with Crippen molar-refractivity contribution in [3.8, 4) is 0 Å². The molecule has 25 heavy (non-hydrogen) atoms. The van der Waals surface area contributed by atoms with E-state index < -0.39 is 0 Å². The summed E-state index contributed by atoms with van der Waals surface area (Å²) in [5.41, 5.74) is 5.65. The van der Waals surface area contributed by atoms with Gasteiger partial charge in [-0.3, -0.25) is 4.99 Å². The molecule has 3 heteroatoms. The maximum Gasteiger partial charge on any atom is 0.0990 e. The fourth-order valence-electron chi connectivity index (χ4n) is 3.26. The van der Waals surface area contributed by atoms with E-state index in [-0.39, 0.29) is 0 Å². The van der Waals surface area contributed by atoms with Crippen LogP contribution in [-0.4, -0.2) is 36.9 Å². The molecule has 1 aliphatic rings. The standard InChI is InChI=1S/C22H41N3/c1-2-3-4-5-6-7-8-9-10-11-12-13-14-15-16-17-22-24-19-21-25(22)20-18-23/h6-7,9-10H,2-5,8,11-21,23H2,1H3/b7-6-,10-9-. The number of unbranched alkanes of at least 4 members (excludes halogenated alkanes) is 8. The van der Waals surface area contributed by atoms with Gasteiger partial charge in [0.25, 0.3) is 0 Å². The number of nitrogens with two attached hydrogens (primary N) is 1. The van der Waals surface area contributed by atoms with Gasteiger partial charge < -0.3 is 10.6 Å². The maximum absolute atomic E-state index is 5.65. The van der Waals surface area contributed by atoms with E-state index in [1.807, 2.05) is 0 Å². The van der Waals surface area contributed by atoms with Crippen molar-refractivity contribution >= 4 is 5.84 Å². The number of hydrogen-bond donors (Lipinski definition) is 1. The lowest BCUT2D eigenvalue weighted by Gasteiger charge is -2.19. The third kappa shape index (κ3) is 12.0. The third-order valence-electron chi connectivity index (χ3n) is 4.78. The van der Waals surface area contributed by atoms with E-state index >= 15 is 0 Å². The van der Waals surface area contributed by atoms with Gasteiger partial charge in [-0.15, -0.1) is 0 Å². The molecule has 0 radical (unpaired) electrons. The number of rotatable bonds is 16. The first kappa shape index (κ1) is 22.0. The molecule has 0 amide bonds. The van der Waals surface area contributed by atoms with E-state index in [2.05, 4.69) is 41.1 Å². The van der Waals surface area contributed by atoms with Crippen LogP contribution in [0.4, 0.5) is 0 Å². The summed E-state index contributed by atoms with van der Waals surface area (Å²) in [6.45, 7) is 6.01. The molecular weight excluding hydrogens is 306 g/mol. The fraction of sp³-hybridized carbons (Fsp3) is 0.773. The number of amidine groups is 1. The van der Waals surface area contributed by atoms with Crippen LogP contribution < -0.4 is 5.73 Å². The van der Waals surface area contributed by atoms with Gasteiger partial charge in [0.2, 0.25) is 0 Å². The van der Waals surface area contributed by atoms with Gasteiger partial charge in [0.15, 0.2) is 0 Å². The van der Waals surface area contributed by atoms with Gasteiger partial charge in [-0.1, -0.05) is 63.3 Å². The summed E-state index contributed by atoms with van der Waals surface area (Å²) in [6.07, 6.45) is 24.7. The second-order valence-electron chi connectivity index (χ2n) is 7.05. The average molecular weight is 348 g/mol. The molecule has 0 atom stereocenters. The van der Waals surface area contributed by atoms with Gasteiger partial charge in [-0.2, -0.15) is 0 Å². The zero-order valence-corrected chi connectivity index (χ0v) is 16.6. The quantitative estimate of drug-likeness (QED) is 0.297. The molecule has 0 bridgehead atoms. The first-order valence-electron chi connectivity index (χ1n) is 10.7. The number of hydrogen-bond acceptors (Lipinski definition) is 3. The molecule has 144 valence electrons. The van der Waals surface area contributed by atoms with Crippen molar-refractivity contribution < 1.29 is 0 Å². The summed E-state index contributed by atoms with van der Waals surface area (Å²) in [7, 11) is 0. The summed E-state index contributed by atoms with van der Waals surface area (Å²) in [5, 5.41) is 0. The Hall–Kier alpha value is -1.09. The first-order valence-corrected chi connectivity index (χ1v) is 10.7. The Morgan fingerprint density at radius 3 is 2.32 bits per heavy atom. The minimum Gasteiger partial charge on any atom is -0.357 e. The zero-order valence-electron chi connectivity index (χ0n) is 16.6. The molecule has 0 aromatic carbocycles. The second kappa shape index (κ2) is 16.4. The van der Waals surface area contributed by atoms with Crippen molar-refractivity contribution in [2.45, 2.75) is 84.0 Å². The molecule has 1 aliphatic heterocycles. The topological polar surface area (TPSA) is 41.6 Å². The molecule has 0 spiro atoms. The van der Waals surface area contributed by atoms with Crippen LogP contribution in [0.2, 0.25) is 0 Å². The summed E-state index contributed by atoms with van der Waals surface area (Å²) in [6, 6.07) is 0. The van der Waals surface area contributed by atoms with E-state index in [1.54, 1.807) is 0 Å². The van der Waals surface area contributed by atoms with E-state index in [0.717, 1.165) is 39.0 Å². The number of aliphatic imine (C=N–C) groups is 1. The van der Waals surface area contributed by atoms with Crippen LogP contribution in [0.25, 0.3) is 0 Å². The summed E-state index contributed by atoms with van der Waals surface area (Å²) >= 11 is 0. The molecular formula is C22H41N3. The number of allylic oxidation sites excluding steroid dienone is 4. The van der Waals surface area contributed by atoms with Crippen LogP contribution in [0.15, 0.2) is 29.3 Å². The molecule has 1 rings (SSSR count). The predicted octanol–water partition coefficient (Wildman–Crippen LogP) is 5.47. The average Bonchev–Trinajstić information content (AvgIpc) is 3.06. The van der Waals surface area contributed by atoms with Crippen molar-refractivity contribution in [2.24, 2.45) is 10.7 Å². The SMILES string of the molecule is CCCCC/C=C\C/C=C\CCCCCCCC1=NCCN1CCN. The number of nitrogens with zero attached hydrogens (tertiary/aromatic N) is 2. The largest absolute Gasteiger partial charge is 0.357 e. The van der Waals surface area contributed by atoms with Crippen LogP contribution in [-0.2, 0) is 0 Å². The van der Waals surface area contributed by atoms with Crippen molar-refractivity contribution in [3.63, 3.8) is 0 Å². The molecule has 0 saturated carbocycles. The van der Waals surface area contributed by atoms with Crippen LogP contribution in [0.1, 0.15) is 84.0 Å². The van der Waals surface area contributed by atoms with Gasteiger partial charge in [0.05, 0.1) is 12.4 Å². The smallest absolute Gasteiger partial charge is 0.0990 e. The molecule has 0 aromatic heterocycles. The van der Waals surface area contributed by atoms with Gasteiger partial charge in [-0.05, 0) is 38.5 Å². The Morgan fingerprint density at radius 1 is 0.920 bits per heavy atom. The van der Waals surface area contributed by atoms with E-state index in [0.29, 0.717) is 0 Å². The highest BCUT2D eigenvalue weighted by Gasteiger charge is 2.14. The molecule has 0 aromatic rings. The van der Waals surface area contributed by atoms with Crippen molar-refractivity contribution in [3.05, 3.63) is 24.3 Å². The van der Waals surface area contributed by atoms with Crippen molar-refractivity contribution in [1.82, 2.24) is 4.90 Å². The minimum absolute atomic E-state index is 0.737. The zero-order chi connectivity index (χ0) is 18.0. The lowest BCUT2D eigenvalue weighted by atomic mass is 10.1. The lowest BCUT2D eigenvalue weighted by Crippen LogP contribution is -2.32. The molecule has 0 fully saturated rings. The highest BCUT2D eigenvalue weighted by atomic mass is 15.2. The van der Waals surface area contributed by atoms with E-state index in [9.17, 15) is 0 Å². The third-order valence-corrected chi connectivity index (χ3v) is 4.78. The maximum atomic E-state index is 5.65. The summed E-state index contributed by atoms with van der Waals surface area (Å²) < 4.78 is 0. The first-order chi connectivity index (χ1) is 12.4. The molecule has 0 saturated heterocycles. The Labute approximate surface area is 156 Å². The van der Waals surface area contributed by atoms with Crippen LogP contribution in [0.5, 0.6) is 0 Å².